The molecule has 0 spiro atoms. The van der Waals surface area contributed by atoms with Crippen molar-refractivity contribution < 1.29 is 23.6 Å². The molecule has 0 aliphatic carbocycles. The Labute approximate surface area is 181 Å². The van der Waals surface area contributed by atoms with Gasteiger partial charge in [-0.2, -0.15) is 0 Å². The SMILES string of the molecule is COc1ccc(/C=C/C(=O)NCCN2CCN(C(=O)c3cc(C)on3)CC2)cc1OC. The van der Waals surface area contributed by atoms with E-state index >= 15 is 0 Å². The second kappa shape index (κ2) is 10.6. The predicted octanol–water partition coefficient (Wildman–Crippen LogP) is 1.59. The van der Waals surface area contributed by atoms with Gasteiger partial charge >= 0.3 is 0 Å². The lowest BCUT2D eigenvalue weighted by atomic mass is 10.2. The van der Waals surface area contributed by atoms with Gasteiger partial charge in [0, 0.05) is 51.4 Å². The number of piperazine rings is 1. The number of amides is 2. The molecular formula is C22H28N4O5. The maximum Gasteiger partial charge on any atom is 0.276 e. The van der Waals surface area contributed by atoms with Gasteiger partial charge in [0.25, 0.3) is 5.91 Å². The Kier molecular flexibility index (Phi) is 7.66. The number of hydrogen-bond acceptors (Lipinski definition) is 7. The molecule has 2 aromatic rings. The molecule has 3 rings (SSSR count). The molecule has 1 aliphatic rings. The van der Waals surface area contributed by atoms with Crippen LogP contribution in [0.3, 0.4) is 0 Å². The highest BCUT2D eigenvalue weighted by Gasteiger charge is 2.24. The lowest BCUT2D eigenvalue weighted by molar-refractivity contribution is -0.116. The molecule has 0 radical (unpaired) electrons. The van der Waals surface area contributed by atoms with Crippen LogP contribution in [0.25, 0.3) is 6.08 Å². The van der Waals surface area contributed by atoms with Crippen molar-refractivity contribution in [3.8, 4) is 11.5 Å². The standard InChI is InChI=1S/C22H28N4O5/c1-16-14-18(24-31-16)22(28)26-12-10-25(11-13-26)9-8-23-21(27)7-5-17-4-6-19(29-2)20(15-17)30-3/h4-7,14-15H,8-13H2,1-3H3,(H,23,27)/b7-5+. The van der Waals surface area contributed by atoms with E-state index in [1.54, 1.807) is 44.3 Å². The lowest BCUT2D eigenvalue weighted by Crippen LogP contribution is -2.50. The van der Waals surface area contributed by atoms with Gasteiger partial charge < -0.3 is 24.2 Å². The van der Waals surface area contributed by atoms with Crippen LogP contribution in [-0.2, 0) is 4.79 Å². The first-order valence-corrected chi connectivity index (χ1v) is 10.1. The van der Waals surface area contributed by atoms with Gasteiger partial charge in [-0.15, -0.1) is 0 Å². The van der Waals surface area contributed by atoms with Gasteiger partial charge in [0.05, 0.1) is 14.2 Å². The zero-order chi connectivity index (χ0) is 22.2. The molecule has 0 atom stereocenters. The third-order valence-electron chi connectivity index (χ3n) is 5.07. The first kappa shape index (κ1) is 22.4. The average molecular weight is 428 g/mol. The van der Waals surface area contributed by atoms with Crippen LogP contribution in [0.1, 0.15) is 21.8 Å². The fourth-order valence-electron chi connectivity index (χ4n) is 3.33. The van der Waals surface area contributed by atoms with Crippen LogP contribution in [0.15, 0.2) is 34.9 Å². The first-order chi connectivity index (χ1) is 15.0. The number of nitrogens with zero attached hydrogens (tertiary/aromatic N) is 3. The van der Waals surface area contributed by atoms with Gasteiger partial charge in [0.1, 0.15) is 5.76 Å². The number of carbonyl (C=O) groups is 2. The molecule has 1 aromatic carbocycles. The highest BCUT2D eigenvalue weighted by molar-refractivity contribution is 5.92. The van der Waals surface area contributed by atoms with E-state index in [0.29, 0.717) is 42.6 Å². The molecule has 1 aromatic heterocycles. The van der Waals surface area contributed by atoms with Crippen LogP contribution in [0.2, 0.25) is 0 Å². The van der Waals surface area contributed by atoms with Crippen molar-refractivity contribution in [2.45, 2.75) is 6.92 Å². The van der Waals surface area contributed by atoms with Crippen LogP contribution in [0, 0.1) is 6.92 Å². The molecule has 9 heteroatoms. The summed E-state index contributed by atoms with van der Waals surface area (Å²) < 4.78 is 15.5. The molecule has 166 valence electrons. The molecule has 2 amide bonds. The summed E-state index contributed by atoms with van der Waals surface area (Å²) >= 11 is 0. The smallest absolute Gasteiger partial charge is 0.276 e. The van der Waals surface area contributed by atoms with E-state index in [1.165, 1.54) is 6.08 Å². The van der Waals surface area contributed by atoms with Gasteiger partial charge in [-0.1, -0.05) is 11.2 Å². The van der Waals surface area contributed by atoms with Crippen molar-refractivity contribution in [3.05, 3.63) is 47.4 Å². The Balaban J connectivity index is 1.38. The Morgan fingerprint density at radius 1 is 1.13 bits per heavy atom. The van der Waals surface area contributed by atoms with Gasteiger partial charge in [0.2, 0.25) is 5.91 Å². The van der Waals surface area contributed by atoms with Crippen molar-refractivity contribution in [1.29, 1.82) is 0 Å². The summed E-state index contributed by atoms with van der Waals surface area (Å²) in [5.74, 6) is 1.61. The van der Waals surface area contributed by atoms with E-state index in [1.807, 2.05) is 12.1 Å². The van der Waals surface area contributed by atoms with Gasteiger partial charge in [-0.05, 0) is 30.7 Å². The quantitative estimate of drug-likeness (QED) is 0.638. The summed E-state index contributed by atoms with van der Waals surface area (Å²) in [6, 6.07) is 7.11. The summed E-state index contributed by atoms with van der Waals surface area (Å²) in [5, 5.41) is 6.68. The fourth-order valence-corrected chi connectivity index (χ4v) is 3.33. The molecule has 1 aliphatic heterocycles. The molecule has 1 saturated heterocycles. The highest BCUT2D eigenvalue weighted by atomic mass is 16.5. The molecule has 9 nitrogen and oxygen atoms in total. The van der Waals surface area contributed by atoms with Crippen molar-refractivity contribution in [3.63, 3.8) is 0 Å². The average Bonchev–Trinajstić information content (AvgIpc) is 3.23. The normalized spacial score (nSPS) is 14.6. The Bertz CT molecular complexity index is 932. The third-order valence-corrected chi connectivity index (χ3v) is 5.07. The monoisotopic (exact) mass is 428 g/mol. The predicted molar refractivity (Wildman–Crippen MR) is 115 cm³/mol. The summed E-state index contributed by atoms with van der Waals surface area (Å²) in [6.07, 6.45) is 3.23. The molecular weight excluding hydrogens is 400 g/mol. The molecule has 0 saturated carbocycles. The molecule has 1 fully saturated rings. The van der Waals surface area contributed by atoms with Crippen molar-refractivity contribution in [2.75, 3.05) is 53.5 Å². The summed E-state index contributed by atoms with van der Waals surface area (Å²) in [5.41, 5.74) is 1.19. The van der Waals surface area contributed by atoms with Crippen molar-refractivity contribution in [1.82, 2.24) is 20.3 Å². The third kappa shape index (κ3) is 6.08. The number of carbonyl (C=O) groups excluding carboxylic acids is 2. The van der Waals surface area contributed by atoms with Gasteiger partial charge in [-0.3, -0.25) is 14.5 Å². The van der Waals surface area contributed by atoms with E-state index < -0.39 is 0 Å². The summed E-state index contributed by atoms with van der Waals surface area (Å²) in [7, 11) is 3.15. The van der Waals surface area contributed by atoms with Gasteiger partial charge in [0.15, 0.2) is 17.2 Å². The number of aryl methyl sites for hydroxylation is 1. The van der Waals surface area contributed by atoms with E-state index in [4.69, 9.17) is 14.0 Å². The summed E-state index contributed by atoms with van der Waals surface area (Å²) in [4.78, 5) is 28.5. The van der Waals surface area contributed by atoms with E-state index in [9.17, 15) is 9.59 Å². The lowest BCUT2D eigenvalue weighted by Gasteiger charge is -2.34. The van der Waals surface area contributed by atoms with E-state index in [2.05, 4.69) is 15.4 Å². The first-order valence-electron chi connectivity index (χ1n) is 10.1. The van der Waals surface area contributed by atoms with Crippen molar-refractivity contribution >= 4 is 17.9 Å². The number of rotatable bonds is 8. The number of nitrogens with one attached hydrogen (secondary N) is 1. The number of aromatic nitrogens is 1. The molecule has 0 bridgehead atoms. The fraction of sp³-hybridized carbons (Fsp3) is 0.409. The number of methoxy groups -OCH3 is 2. The second-order valence-corrected chi connectivity index (χ2v) is 7.20. The zero-order valence-electron chi connectivity index (χ0n) is 18.1. The number of ether oxygens (including phenoxy) is 2. The maximum atomic E-state index is 12.4. The van der Waals surface area contributed by atoms with Crippen LogP contribution in [0.4, 0.5) is 0 Å². The van der Waals surface area contributed by atoms with Crippen LogP contribution in [0.5, 0.6) is 11.5 Å². The Hall–Kier alpha value is -3.33. The Morgan fingerprint density at radius 2 is 1.87 bits per heavy atom. The van der Waals surface area contributed by atoms with Crippen LogP contribution >= 0.6 is 0 Å². The molecule has 2 heterocycles. The van der Waals surface area contributed by atoms with Crippen molar-refractivity contribution in [2.24, 2.45) is 0 Å². The minimum absolute atomic E-state index is 0.106. The van der Waals surface area contributed by atoms with Crippen LogP contribution < -0.4 is 14.8 Å². The topological polar surface area (TPSA) is 97.1 Å². The molecule has 31 heavy (non-hydrogen) atoms. The minimum Gasteiger partial charge on any atom is -0.493 e. The van der Waals surface area contributed by atoms with E-state index in [-0.39, 0.29) is 11.8 Å². The maximum absolute atomic E-state index is 12.4. The molecule has 1 N–H and O–H groups in total. The van der Waals surface area contributed by atoms with E-state index in [0.717, 1.165) is 25.2 Å². The second-order valence-electron chi connectivity index (χ2n) is 7.20. The Morgan fingerprint density at radius 3 is 2.52 bits per heavy atom. The number of hydrogen-bond donors (Lipinski definition) is 1. The zero-order valence-corrected chi connectivity index (χ0v) is 18.1. The number of benzene rings is 1. The summed E-state index contributed by atoms with van der Waals surface area (Å²) in [6.45, 7) is 5.77. The minimum atomic E-state index is -0.162. The highest BCUT2D eigenvalue weighted by Crippen LogP contribution is 2.27. The van der Waals surface area contributed by atoms with Crippen LogP contribution in [-0.4, -0.2) is 80.3 Å². The van der Waals surface area contributed by atoms with Gasteiger partial charge in [-0.25, -0.2) is 0 Å². The molecule has 0 unspecified atom stereocenters. The largest absolute Gasteiger partial charge is 0.493 e.